The second-order valence-corrected chi connectivity index (χ2v) is 5.23. The van der Waals surface area contributed by atoms with Crippen molar-refractivity contribution in [3.63, 3.8) is 0 Å². The van der Waals surface area contributed by atoms with Crippen LogP contribution in [0.4, 0.5) is 0 Å². The van der Waals surface area contributed by atoms with E-state index in [9.17, 15) is 9.90 Å². The third kappa shape index (κ3) is 2.75. The minimum absolute atomic E-state index is 0.0649. The molecule has 0 spiro atoms. The zero-order valence-electron chi connectivity index (χ0n) is 11.5. The third-order valence-electron chi connectivity index (χ3n) is 2.69. The smallest absolute Gasteiger partial charge is 0.358 e. The minimum atomic E-state index is -0.418. The number of phenols is 1. The second kappa shape index (κ2) is 5.92. The fourth-order valence-corrected chi connectivity index (χ4v) is 2.62. The summed E-state index contributed by atoms with van der Waals surface area (Å²) in [5, 5.41) is 10.3. The quantitative estimate of drug-likeness (QED) is 0.878. The highest BCUT2D eigenvalue weighted by molar-refractivity contribution is 7.15. The molecular formula is C14H15NO4S. The van der Waals surface area contributed by atoms with Gasteiger partial charge >= 0.3 is 5.97 Å². The zero-order valence-corrected chi connectivity index (χ0v) is 12.3. The van der Waals surface area contributed by atoms with Gasteiger partial charge in [-0.15, -0.1) is 11.3 Å². The molecule has 0 aliphatic carbocycles. The van der Waals surface area contributed by atoms with E-state index in [0.717, 1.165) is 10.4 Å². The molecule has 20 heavy (non-hydrogen) atoms. The van der Waals surface area contributed by atoms with Gasteiger partial charge in [0.25, 0.3) is 0 Å². The van der Waals surface area contributed by atoms with Crippen molar-refractivity contribution in [1.82, 2.24) is 4.98 Å². The van der Waals surface area contributed by atoms with Gasteiger partial charge in [-0.2, -0.15) is 0 Å². The lowest BCUT2D eigenvalue weighted by Crippen LogP contribution is -2.06. The van der Waals surface area contributed by atoms with Gasteiger partial charge < -0.3 is 14.6 Å². The summed E-state index contributed by atoms with van der Waals surface area (Å²) in [4.78, 5) is 16.9. The van der Waals surface area contributed by atoms with Crippen molar-refractivity contribution in [1.29, 1.82) is 0 Å². The van der Waals surface area contributed by atoms with Crippen LogP contribution in [0.3, 0.4) is 0 Å². The summed E-state index contributed by atoms with van der Waals surface area (Å²) in [5.74, 6) is 0.0152. The molecule has 0 aliphatic rings. The normalized spacial score (nSPS) is 10.3. The van der Waals surface area contributed by atoms with Gasteiger partial charge in [-0.3, -0.25) is 0 Å². The van der Waals surface area contributed by atoms with Gasteiger partial charge in [-0.05, 0) is 32.0 Å². The van der Waals surface area contributed by atoms with Crippen molar-refractivity contribution >= 4 is 17.3 Å². The number of rotatable bonds is 4. The number of hydrogen-bond acceptors (Lipinski definition) is 6. The fraction of sp³-hybridized carbons (Fsp3) is 0.286. The van der Waals surface area contributed by atoms with E-state index in [2.05, 4.69) is 4.98 Å². The van der Waals surface area contributed by atoms with Crippen LogP contribution in [0.25, 0.3) is 10.6 Å². The van der Waals surface area contributed by atoms with Crippen LogP contribution in [0.15, 0.2) is 18.2 Å². The summed E-state index contributed by atoms with van der Waals surface area (Å²) < 4.78 is 10.0. The van der Waals surface area contributed by atoms with E-state index >= 15 is 0 Å². The highest BCUT2D eigenvalue weighted by atomic mass is 32.1. The third-order valence-corrected chi connectivity index (χ3v) is 3.71. The van der Waals surface area contributed by atoms with E-state index < -0.39 is 5.97 Å². The van der Waals surface area contributed by atoms with E-state index in [1.165, 1.54) is 24.5 Å². The molecule has 1 aromatic heterocycles. The van der Waals surface area contributed by atoms with E-state index in [-0.39, 0.29) is 5.75 Å². The first kappa shape index (κ1) is 14.3. The Morgan fingerprint density at radius 3 is 2.85 bits per heavy atom. The summed E-state index contributed by atoms with van der Waals surface area (Å²) in [6.07, 6.45) is 0. The standard InChI is InChI=1S/C14H15NO4S/c1-4-19-14(17)12-8(2)20-13(15-12)9-5-6-10(16)11(7-9)18-3/h5-7,16H,4H2,1-3H3. The first-order valence-electron chi connectivity index (χ1n) is 6.08. The molecule has 5 nitrogen and oxygen atoms in total. The lowest BCUT2D eigenvalue weighted by Gasteiger charge is -2.04. The minimum Gasteiger partial charge on any atom is -0.504 e. The largest absolute Gasteiger partial charge is 0.504 e. The van der Waals surface area contributed by atoms with Crippen LogP contribution in [-0.4, -0.2) is 29.8 Å². The summed E-state index contributed by atoms with van der Waals surface area (Å²) in [6.45, 7) is 3.90. The first-order valence-corrected chi connectivity index (χ1v) is 6.90. The molecule has 1 aromatic carbocycles. The van der Waals surface area contributed by atoms with Crippen LogP contribution < -0.4 is 4.74 Å². The average Bonchev–Trinajstić information content (AvgIpc) is 2.82. The number of aryl methyl sites for hydroxylation is 1. The van der Waals surface area contributed by atoms with Gasteiger partial charge in [0.05, 0.1) is 13.7 Å². The zero-order chi connectivity index (χ0) is 14.7. The summed E-state index contributed by atoms with van der Waals surface area (Å²) in [6, 6.07) is 4.95. The lowest BCUT2D eigenvalue weighted by atomic mass is 10.2. The molecule has 0 amide bonds. The molecule has 2 aromatic rings. The molecule has 0 fully saturated rings. The van der Waals surface area contributed by atoms with Gasteiger partial charge in [0.1, 0.15) is 5.01 Å². The maximum atomic E-state index is 11.7. The van der Waals surface area contributed by atoms with Gasteiger partial charge in [0, 0.05) is 10.4 Å². The van der Waals surface area contributed by atoms with Crippen LogP contribution >= 0.6 is 11.3 Å². The molecule has 1 N–H and O–H groups in total. The number of benzene rings is 1. The molecule has 106 valence electrons. The first-order chi connectivity index (χ1) is 9.56. The Hall–Kier alpha value is -2.08. The summed E-state index contributed by atoms with van der Waals surface area (Å²) in [7, 11) is 1.48. The highest BCUT2D eigenvalue weighted by Crippen LogP contribution is 2.34. The van der Waals surface area contributed by atoms with Crippen molar-refractivity contribution in [2.75, 3.05) is 13.7 Å². The van der Waals surface area contributed by atoms with Crippen molar-refractivity contribution in [3.8, 4) is 22.1 Å². The molecule has 1 heterocycles. The van der Waals surface area contributed by atoms with Crippen molar-refractivity contribution < 1.29 is 19.4 Å². The van der Waals surface area contributed by atoms with Crippen LogP contribution in [-0.2, 0) is 4.74 Å². The Bertz CT molecular complexity index is 636. The van der Waals surface area contributed by atoms with E-state index in [1.54, 1.807) is 19.1 Å². The molecular weight excluding hydrogens is 278 g/mol. The van der Waals surface area contributed by atoms with E-state index in [1.807, 2.05) is 6.92 Å². The predicted molar refractivity (Wildman–Crippen MR) is 76.5 cm³/mol. The molecule has 0 unspecified atom stereocenters. The van der Waals surface area contributed by atoms with E-state index in [4.69, 9.17) is 9.47 Å². The molecule has 0 saturated carbocycles. The molecule has 0 atom stereocenters. The van der Waals surface area contributed by atoms with Crippen LogP contribution in [0.1, 0.15) is 22.3 Å². The average molecular weight is 293 g/mol. The summed E-state index contributed by atoms with van der Waals surface area (Å²) in [5.41, 5.74) is 1.11. The number of phenolic OH excluding ortho intramolecular Hbond substituents is 1. The van der Waals surface area contributed by atoms with Crippen LogP contribution in [0, 0.1) is 6.92 Å². The Morgan fingerprint density at radius 1 is 1.45 bits per heavy atom. The second-order valence-electron chi connectivity index (χ2n) is 4.03. The molecule has 0 aliphatic heterocycles. The lowest BCUT2D eigenvalue weighted by molar-refractivity contribution is 0.0519. The van der Waals surface area contributed by atoms with Gasteiger partial charge in [0.15, 0.2) is 17.2 Å². The number of ether oxygens (including phenoxy) is 2. The van der Waals surface area contributed by atoms with Crippen molar-refractivity contribution in [2.45, 2.75) is 13.8 Å². The Balaban J connectivity index is 2.39. The number of hydrogen-bond donors (Lipinski definition) is 1. The molecule has 0 bridgehead atoms. The highest BCUT2D eigenvalue weighted by Gasteiger charge is 2.17. The number of methoxy groups -OCH3 is 1. The molecule has 2 rings (SSSR count). The van der Waals surface area contributed by atoms with Gasteiger partial charge in [0.2, 0.25) is 0 Å². The summed E-state index contributed by atoms with van der Waals surface area (Å²) >= 11 is 1.40. The fourth-order valence-electron chi connectivity index (χ4n) is 1.72. The van der Waals surface area contributed by atoms with E-state index in [0.29, 0.717) is 23.1 Å². The van der Waals surface area contributed by atoms with Crippen LogP contribution in [0.5, 0.6) is 11.5 Å². The number of nitrogens with zero attached hydrogens (tertiary/aromatic N) is 1. The molecule has 0 radical (unpaired) electrons. The number of carbonyl (C=O) groups excluding carboxylic acids is 1. The van der Waals surface area contributed by atoms with Crippen molar-refractivity contribution in [2.24, 2.45) is 0 Å². The number of thiazole rings is 1. The predicted octanol–water partition coefficient (Wildman–Crippen LogP) is 3.01. The number of aromatic nitrogens is 1. The number of carbonyl (C=O) groups is 1. The molecule has 0 saturated heterocycles. The Labute approximate surface area is 120 Å². The number of esters is 1. The maximum Gasteiger partial charge on any atom is 0.358 e. The maximum absolute atomic E-state index is 11.7. The SMILES string of the molecule is CCOC(=O)c1nc(-c2ccc(O)c(OC)c2)sc1C. The van der Waals surface area contributed by atoms with Crippen molar-refractivity contribution in [3.05, 3.63) is 28.8 Å². The Morgan fingerprint density at radius 2 is 2.20 bits per heavy atom. The molecule has 6 heteroatoms. The van der Waals surface area contributed by atoms with Crippen LogP contribution in [0.2, 0.25) is 0 Å². The topological polar surface area (TPSA) is 68.7 Å². The van der Waals surface area contributed by atoms with Gasteiger partial charge in [-0.25, -0.2) is 9.78 Å². The van der Waals surface area contributed by atoms with Gasteiger partial charge in [-0.1, -0.05) is 0 Å². The number of aromatic hydroxyl groups is 1. The Kier molecular flexibility index (Phi) is 4.24. The monoisotopic (exact) mass is 293 g/mol.